The van der Waals surface area contributed by atoms with E-state index in [9.17, 15) is 19.1 Å². The summed E-state index contributed by atoms with van der Waals surface area (Å²) in [5.41, 5.74) is 0.0165. The highest BCUT2D eigenvalue weighted by Gasteiger charge is 2.39. The largest absolute Gasteiger partial charge is 0.480 e. The van der Waals surface area contributed by atoms with Crippen LogP contribution in [0.1, 0.15) is 16.8 Å². The zero-order valence-electron chi connectivity index (χ0n) is 9.28. The lowest BCUT2D eigenvalue weighted by atomic mass is 10.2. The van der Waals surface area contributed by atoms with Crippen LogP contribution in [0.15, 0.2) is 18.3 Å². The van der Waals surface area contributed by atoms with Gasteiger partial charge in [0.25, 0.3) is 5.91 Å². The second-order valence-corrected chi connectivity index (χ2v) is 4.07. The van der Waals surface area contributed by atoms with Gasteiger partial charge in [-0.25, -0.2) is 9.78 Å². The Balaban J connectivity index is 2.25. The molecule has 2 rings (SSSR count). The molecule has 0 radical (unpaired) electrons. The molecular formula is C11H11FN2O4. The summed E-state index contributed by atoms with van der Waals surface area (Å²) < 4.78 is 12.9. The number of β-amino-alcohol motifs (C(OH)–C–C–N with tert-alkyl or cyclic N) is 1. The van der Waals surface area contributed by atoms with Crippen molar-refractivity contribution in [2.45, 2.75) is 18.6 Å². The highest BCUT2D eigenvalue weighted by Crippen LogP contribution is 2.20. The molecule has 6 nitrogen and oxygen atoms in total. The van der Waals surface area contributed by atoms with E-state index < -0.39 is 30.0 Å². The fraction of sp³-hybridized carbons (Fsp3) is 0.364. The Kier molecular flexibility index (Phi) is 3.24. The van der Waals surface area contributed by atoms with Crippen LogP contribution in [0.25, 0.3) is 0 Å². The van der Waals surface area contributed by atoms with Gasteiger partial charge in [0.05, 0.1) is 6.10 Å². The molecule has 0 saturated carbocycles. The smallest absolute Gasteiger partial charge is 0.326 e. The van der Waals surface area contributed by atoms with Crippen molar-refractivity contribution in [1.82, 2.24) is 9.88 Å². The quantitative estimate of drug-likeness (QED) is 0.718. The summed E-state index contributed by atoms with van der Waals surface area (Å²) in [7, 11) is 0. The number of aliphatic carboxylic acids is 1. The lowest BCUT2D eigenvalue weighted by molar-refractivity contribution is -0.141. The van der Waals surface area contributed by atoms with E-state index in [2.05, 4.69) is 4.98 Å². The summed E-state index contributed by atoms with van der Waals surface area (Å²) >= 11 is 0. The Morgan fingerprint density at radius 3 is 2.83 bits per heavy atom. The van der Waals surface area contributed by atoms with Gasteiger partial charge in [0, 0.05) is 30.8 Å². The lowest BCUT2D eigenvalue weighted by Crippen LogP contribution is -2.40. The standard InChI is InChI=1S/C11H11FN2O4/c12-9-3-6(1-2-13-9)10(16)14-5-7(15)4-8(14)11(17)18/h1-3,7-8,15H,4-5H2,(H,17,18)/t7-,8+/m1/s1. The van der Waals surface area contributed by atoms with Crippen LogP contribution in [0.3, 0.4) is 0 Å². The SMILES string of the molecule is O=C(O)[C@@H]1C[C@@H](O)CN1C(=O)c1ccnc(F)c1. The van der Waals surface area contributed by atoms with Crippen LogP contribution < -0.4 is 0 Å². The maximum absolute atomic E-state index is 12.9. The van der Waals surface area contributed by atoms with Gasteiger partial charge in [-0.1, -0.05) is 0 Å². The van der Waals surface area contributed by atoms with E-state index in [1.165, 1.54) is 6.07 Å². The van der Waals surface area contributed by atoms with Gasteiger partial charge in [-0.2, -0.15) is 4.39 Å². The van der Waals surface area contributed by atoms with Crippen molar-refractivity contribution in [3.05, 3.63) is 29.8 Å². The number of aliphatic hydroxyl groups excluding tert-OH is 1. The maximum atomic E-state index is 12.9. The average molecular weight is 254 g/mol. The lowest BCUT2D eigenvalue weighted by Gasteiger charge is -2.20. The van der Waals surface area contributed by atoms with Crippen LogP contribution in [-0.4, -0.2) is 50.7 Å². The van der Waals surface area contributed by atoms with Crippen LogP contribution >= 0.6 is 0 Å². The van der Waals surface area contributed by atoms with Crippen LogP contribution in [0, 0.1) is 5.95 Å². The van der Waals surface area contributed by atoms with Gasteiger partial charge in [-0.05, 0) is 6.07 Å². The Morgan fingerprint density at radius 1 is 1.50 bits per heavy atom. The fourth-order valence-corrected chi connectivity index (χ4v) is 1.97. The molecule has 0 unspecified atom stereocenters. The molecule has 0 aromatic carbocycles. The molecule has 7 heteroatoms. The molecule has 2 atom stereocenters. The van der Waals surface area contributed by atoms with E-state index in [4.69, 9.17) is 5.11 Å². The first-order chi connectivity index (χ1) is 8.49. The summed E-state index contributed by atoms with van der Waals surface area (Å²) in [5.74, 6) is -2.62. The molecule has 1 amide bonds. The monoisotopic (exact) mass is 254 g/mol. The minimum atomic E-state index is -1.19. The number of pyridine rings is 1. The Morgan fingerprint density at radius 2 is 2.22 bits per heavy atom. The van der Waals surface area contributed by atoms with Crippen LogP contribution in [0.4, 0.5) is 4.39 Å². The third-order valence-corrected chi connectivity index (χ3v) is 2.80. The van der Waals surface area contributed by atoms with Crippen molar-refractivity contribution in [2.75, 3.05) is 6.54 Å². The van der Waals surface area contributed by atoms with E-state index in [0.29, 0.717) is 0 Å². The number of halogens is 1. The predicted molar refractivity (Wildman–Crippen MR) is 57.3 cm³/mol. The van der Waals surface area contributed by atoms with E-state index in [1.54, 1.807) is 0 Å². The molecule has 0 bridgehead atoms. The highest BCUT2D eigenvalue weighted by molar-refractivity contribution is 5.96. The number of hydrogen-bond acceptors (Lipinski definition) is 4. The second-order valence-electron chi connectivity index (χ2n) is 4.07. The number of hydrogen-bond donors (Lipinski definition) is 2. The van der Waals surface area contributed by atoms with Crippen LogP contribution in [0.5, 0.6) is 0 Å². The van der Waals surface area contributed by atoms with Gasteiger partial charge < -0.3 is 15.1 Å². The molecule has 1 aromatic heterocycles. The van der Waals surface area contributed by atoms with Gasteiger partial charge >= 0.3 is 5.97 Å². The Bertz CT molecular complexity index is 494. The summed E-state index contributed by atoms with van der Waals surface area (Å²) in [6.45, 7) is -0.0697. The molecule has 2 heterocycles. The third-order valence-electron chi connectivity index (χ3n) is 2.80. The molecule has 1 aliphatic heterocycles. The second kappa shape index (κ2) is 4.69. The summed E-state index contributed by atoms with van der Waals surface area (Å²) in [5, 5.41) is 18.4. The van der Waals surface area contributed by atoms with Gasteiger partial charge in [0.15, 0.2) is 0 Å². The van der Waals surface area contributed by atoms with E-state index >= 15 is 0 Å². The maximum Gasteiger partial charge on any atom is 0.326 e. The number of aliphatic hydroxyl groups is 1. The van der Waals surface area contributed by atoms with E-state index in [1.807, 2.05) is 0 Å². The molecule has 1 fully saturated rings. The zero-order valence-corrected chi connectivity index (χ0v) is 9.28. The van der Waals surface area contributed by atoms with Crippen molar-refractivity contribution in [3.63, 3.8) is 0 Å². The Labute approximate surface area is 102 Å². The topological polar surface area (TPSA) is 90.7 Å². The van der Waals surface area contributed by atoms with Gasteiger partial charge in [-0.3, -0.25) is 4.79 Å². The number of nitrogens with zero attached hydrogens (tertiary/aromatic N) is 2. The summed E-state index contributed by atoms with van der Waals surface area (Å²) in [6.07, 6.45) is 0.237. The van der Waals surface area contributed by atoms with Crippen molar-refractivity contribution >= 4 is 11.9 Å². The van der Waals surface area contributed by atoms with Crippen molar-refractivity contribution in [3.8, 4) is 0 Å². The number of likely N-dealkylation sites (tertiary alicyclic amines) is 1. The van der Waals surface area contributed by atoms with E-state index in [0.717, 1.165) is 17.2 Å². The number of amides is 1. The third kappa shape index (κ3) is 2.30. The number of carbonyl (C=O) groups is 2. The number of carboxylic acids is 1. The van der Waals surface area contributed by atoms with Crippen molar-refractivity contribution in [1.29, 1.82) is 0 Å². The first-order valence-electron chi connectivity index (χ1n) is 5.32. The van der Waals surface area contributed by atoms with Gasteiger partial charge in [0.2, 0.25) is 5.95 Å². The van der Waals surface area contributed by atoms with E-state index in [-0.39, 0.29) is 18.5 Å². The van der Waals surface area contributed by atoms with Crippen LogP contribution in [0.2, 0.25) is 0 Å². The summed E-state index contributed by atoms with van der Waals surface area (Å²) in [4.78, 5) is 27.3. The predicted octanol–water partition coefficient (Wildman–Crippen LogP) is -0.119. The molecule has 1 saturated heterocycles. The van der Waals surface area contributed by atoms with Crippen LogP contribution in [-0.2, 0) is 4.79 Å². The summed E-state index contributed by atoms with van der Waals surface area (Å²) in [6, 6.07) is 1.16. The average Bonchev–Trinajstić information content (AvgIpc) is 2.70. The number of aromatic nitrogens is 1. The van der Waals surface area contributed by atoms with Gasteiger partial charge in [0.1, 0.15) is 6.04 Å². The molecule has 0 aliphatic carbocycles. The minimum absolute atomic E-state index is 0.0165. The Hall–Kier alpha value is -2.02. The normalized spacial score (nSPS) is 23.1. The molecule has 0 spiro atoms. The molecule has 96 valence electrons. The van der Waals surface area contributed by atoms with Gasteiger partial charge in [-0.15, -0.1) is 0 Å². The zero-order chi connectivity index (χ0) is 13.3. The number of carboxylic acid groups (broad SMARTS) is 1. The fourth-order valence-electron chi connectivity index (χ4n) is 1.97. The molecule has 2 N–H and O–H groups in total. The highest BCUT2D eigenvalue weighted by atomic mass is 19.1. The first kappa shape index (κ1) is 12.4. The molecule has 18 heavy (non-hydrogen) atoms. The molecular weight excluding hydrogens is 243 g/mol. The van der Waals surface area contributed by atoms with Crippen molar-refractivity contribution in [2.24, 2.45) is 0 Å². The first-order valence-corrected chi connectivity index (χ1v) is 5.32. The molecule has 1 aromatic rings. The number of carbonyl (C=O) groups excluding carboxylic acids is 1. The van der Waals surface area contributed by atoms with Crippen molar-refractivity contribution < 1.29 is 24.2 Å². The minimum Gasteiger partial charge on any atom is -0.480 e. The number of rotatable bonds is 2. The molecule has 1 aliphatic rings.